The molecule has 154 valence electrons. The Morgan fingerprint density at radius 3 is 1.64 bits per heavy atom. The molecule has 2 aromatic carbocycles. The minimum atomic E-state index is 0.585. The third kappa shape index (κ3) is 6.21. The van der Waals surface area contributed by atoms with Crippen molar-refractivity contribution in [3.05, 3.63) is 70.8 Å². The van der Waals surface area contributed by atoms with Gasteiger partial charge in [-0.15, -0.1) is 0 Å². The molecule has 0 heterocycles. The van der Waals surface area contributed by atoms with Gasteiger partial charge in [0.2, 0.25) is 0 Å². The number of hydrogen-bond acceptors (Lipinski definition) is 1. The number of rotatable bonds is 11. The largest absolute Gasteiger partial charge is 0.300 e. The summed E-state index contributed by atoms with van der Waals surface area (Å²) in [5, 5.41) is 0. The summed E-state index contributed by atoms with van der Waals surface area (Å²) in [5.74, 6) is 1.88. The van der Waals surface area contributed by atoms with Gasteiger partial charge in [0, 0.05) is 6.54 Å². The Labute approximate surface area is 174 Å². The van der Waals surface area contributed by atoms with Gasteiger partial charge >= 0.3 is 0 Å². The molecule has 0 bridgehead atoms. The Kier molecular flexibility index (Phi) is 9.25. The molecule has 2 rings (SSSR count). The van der Waals surface area contributed by atoms with Gasteiger partial charge in [0.1, 0.15) is 0 Å². The first kappa shape index (κ1) is 22.7. The highest BCUT2D eigenvalue weighted by atomic mass is 15.1. The number of benzene rings is 2. The summed E-state index contributed by atoms with van der Waals surface area (Å²) in [5.41, 5.74) is 5.86. The Bertz CT molecular complexity index is 666. The van der Waals surface area contributed by atoms with E-state index in [0.29, 0.717) is 17.8 Å². The maximum absolute atomic E-state index is 2.47. The molecule has 0 fully saturated rings. The normalized spacial score (nSPS) is 14.8. The third-order valence-corrected chi connectivity index (χ3v) is 6.57. The predicted octanol–water partition coefficient (Wildman–Crippen LogP) is 7.73. The zero-order chi connectivity index (χ0) is 20.5. The molecule has 3 atom stereocenters. The average molecular weight is 380 g/mol. The molecule has 0 aliphatic heterocycles. The van der Waals surface area contributed by atoms with E-state index >= 15 is 0 Å². The molecule has 0 aliphatic carbocycles. The maximum Gasteiger partial charge on any atom is 0.0233 e. The second kappa shape index (κ2) is 11.4. The molecule has 1 heteroatoms. The van der Waals surface area contributed by atoms with Gasteiger partial charge in [-0.3, -0.25) is 4.90 Å². The fourth-order valence-corrected chi connectivity index (χ4v) is 4.09. The zero-order valence-corrected chi connectivity index (χ0v) is 19.0. The van der Waals surface area contributed by atoms with Crippen LogP contribution < -0.4 is 0 Å². The monoisotopic (exact) mass is 379 g/mol. The summed E-state index contributed by atoms with van der Waals surface area (Å²) in [6, 6.07) is 18.8. The van der Waals surface area contributed by atoms with Crippen molar-refractivity contribution < 1.29 is 0 Å². The summed E-state index contributed by atoms with van der Waals surface area (Å²) in [6.45, 7) is 17.1. The molecule has 1 nitrogen and oxygen atoms in total. The molecule has 2 aromatic rings. The summed E-state index contributed by atoms with van der Waals surface area (Å²) < 4.78 is 0. The van der Waals surface area contributed by atoms with E-state index in [9.17, 15) is 0 Å². The molecule has 3 unspecified atom stereocenters. The molecule has 0 spiro atoms. The topological polar surface area (TPSA) is 3.24 Å². The van der Waals surface area contributed by atoms with Crippen LogP contribution in [0.4, 0.5) is 0 Å². The SMILES string of the molecule is CCC(C)c1ccc(C(CC)CC(C)c2ccc(CN(CC)CC)cc2)cc1. The standard InChI is InChI=1S/C27H41N/c1-7-21(5)25-15-17-27(18-16-25)24(8-2)19-22(6)26-13-11-23(12-14-26)20-28(9-3)10-4/h11-18,21-22,24H,7-10,19-20H2,1-6H3. The van der Waals surface area contributed by atoms with E-state index in [-0.39, 0.29) is 0 Å². The van der Waals surface area contributed by atoms with Crippen LogP contribution in [-0.2, 0) is 6.54 Å². The van der Waals surface area contributed by atoms with Gasteiger partial charge in [0.25, 0.3) is 0 Å². The van der Waals surface area contributed by atoms with Crippen LogP contribution in [0.15, 0.2) is 48.5 Å². The summed E-state index contributed by atoms with van der Waals surface area (Å²) >= 11 is 0. The van der Waals surface area contributed by atoms with Crippen LogP contribution in [0.1, 0.15) is 101 Å². The fourth-order valence-electron chi connectivity index (χ4n) is 4.09. The molecular weight excluding hydrogens is 338 g/mol. The molecule has 0 aromatic heterocycles. The lowest BCUT2D eigenvalue weighted by atomic mass is 9.83. The van der Waals surface area contributed by atoms with Crippen LogP contribution in [0, 0.1) is 0 Å². The van der Waals surface area contributed by atoms with Crippen molar-refractivity contribution >= 4 is 0 Å². The first-order valence-electron chi connectivity index (χ1n) is 11.4. The van der Waals surface area contributed by atoms with Crippen molar-refractivity contribution in [3.8, 4) is 0 Å². The van der Waals surface area contributed by atoms with E-state index in [1.54, 1.807) is 0 Å². The van der Waals surface area contributed by atoms with Crippen LogP contribution in [-0.4, -0.2) is 18.0 Å². The van der Waals surface area contributed by atoms with Gasteiger partial charge in [0.05, 0.1) is 0 Å². The number of nitrogens with zero attached hydrogens (tertiary/aromatic N) is 1. The minimum Gasteiger partial charge on any atom is -0.300 e. The lowest BCUT2D eigenvalue weighted by Gasteiger charge is -2.22. The molecule has 28 heavy (non-hydrogen) atoms. The molecular formula is C27H41N. The van der Waals surface area contributed by atoms with E-state index in [0.717, 1.165) is 19.6 Å². The van der Waals surface area contributed by atoms with Gasteiger partial charge in [-0.05, 0) is 72.4 Å². The van der Waals surface area contributed by atoms with Gasteiger partial charge < -0.3 is 0 Å². The molecule has 0 saturated heterocycles. The van der Waals surface area contributed by atoms with Gasteiger partial charge in [-0.2, -0.15) is 0 Å². The molecule has 0 aliphatic rings. The van der Waals surface area contributed by atoms with Crippen molar-refractivity contribution in [2.75, 3.05) is 13.1 Å². The van der Waals surface area contributed by atoms with E-state index in [2.05, 4.69) is 95.0 Å². The van der Waals surface area contributed by atoms with Crippen LogP contribution in [0.3, 0.4) is 0 Å². The Hall–Kier alpha value is -1.60. The Balaban J connectivity index is 2.02. The lowest BCUT2D eigenvalue weighted by molar-refractivity contribution is 0.296. The van der Waals surface area contributed by atoms with Crippen LogP contribution >= 0.6 is 0 Å². The van der Waals surface area contributed by atoms with Gasteiger partial charge in [-0.25, -0.2) is 0 Å². The smallest absolute Gasteiger partial charge is 0.0233 e. The highest BCUT2D eigenvalue weighted by molar-refractivity contribution is 5.29. The fraction of sp³-hybridized carbons (Fsp3) is 0.556. The third-order valence-electron chi connectivity index (χ3n) is 6.57. The van der Waals surface area contributed by atoms with Crippen molar-refractivity contribution in [2.45, 2.75) is 85.1 Å². The van der Waals surface area contributed by atoms with Crippen molar-refractivity contribution in [3.63, 3.8) is 0 Å². The Morgan fingerprint density at radius 2 is 1.14 bits per heavy atom. The molecule has 0 amide bonds. The van der Waals surface area contributed by atoms with E-state index < -0.39 is 0 Å². The second-order valence-corrected chi connectivity index (χ2v) is 8.42. The van der Waals surface area contributed by atoms with Gasteiger partial charge in [0.15, 0.2) is 0 Å². The first-order valence-corrected chi connectivity index (χ1v) is 11.4. The quantitative estimate of drug-likeness (QED) is 0.386. The van der Waals surface area contributed by atoms with Crippen molar-refractivity contribution in [2.24, 2.45) is 0 Å². The molecule has 0 radical (unpaired) electrons. The highest BCUT2D eigenvalue weighted by Crippen LogP contribution is 2.33. The highest BCUT2D eigenvalue weighted by Gasteiger charge is 2.16. The Morgan fingerprint density at radius 1 is 0.643 bits per heavy atom. The molecule has 0 saturated carbocycles. The van der Waals surface area contributed by atoms with E-state index in [1.165, 1.54) is 41.5 Å². The zero-order valence-electron chi connectivity index (χ0n) is 19.0. The summed E-state index contributed by atoms with van der Waals surface area (Å²) in [4.78, 5) is 2.47. The van der Waals surface area contributed by atoms with Crippen LogP contribution in [0.5, 0.6) is 0 Å². The van der Waals surface area contributed by atoms with Crippen molar-refractivity contribution in [1.29, 1.82) is 0 Å². The maximum atomic E-state index is 2.47. The predicted molar refractivity (Wildman–Crippen MR) is 124 cm³/mol. The number of hydrogen-bond donors (Lipinski definition) is 0. The van der Waals surface area contributed by atoms with E-state index in [1.807, 2.05) is 0 Å². The average Bonchev–Trinajstić information content (AvgIpc) is 2.75. The first-order chi connectivity index (χ1) is 13.5. The summed E-state index contributed by atoms with van der Waals surface area (Å²) in [7, 11) is 0. The second-order valence-electron chi connectivity index (χ2n) is 8.42. The van der Waals surface area contributed by atoms with Gasteiger partial charge in [-0.1, -0.05) is 90.1 Å². The van der Waals surface area contributed by atoms with Crippen LogP contribution in [0.25, 0.3) is 0 Å². The lowest BCUT2D eigenvalue weighted by Crippen LogP contribution is -2.22. The minimum absolute atomic E-state index is 0.585. The van der Waals surface area contributed by atoms with E-state index in [4.69, 9.17) is 0 Å². The van der Waals surface area contributed by atoms with Crippen molar-refractivity contribution in [1.82, 2.24) is 4.90 Å². The summed E-state index contributed by atoms with van der Waals surface area (Å²) in [6.07, 6.45) is 3.62. The molecule has 0 N–H and O–H groups in total. The van der Waals surface area contributed by atoms with Crippen LogP contribution in [0.2, 0.25) is 0 Å².